The van der Waals surface area contributed by atoms with Gasteiger partial charge in [-0.05, 0) is 49.2 Å². The number of rotatable bonds is 4. The molecule has 1 N–H and O–H groups in total. The van der Waals surface area contributed by atoms with Gasteiger partial charge in [0.2, 0.25) is 0 Å². The fourth-order valence-electron chi connectivity index (χ4n) is 3.49. The van der Waals surface area contributed by atoms with Gasteiger partial charge in [0, 0.05) is 11.6 Å². The highest BCUT2D eigenvalue weighted by atomic mass is 16.5. The van der Waals surface area contributed by atoms with E-state index < -0.39 is 0 Å². The first-order chi connectivity index (χ1) is 12.3. The van der Waals surface area contributed by atoms with E-state index in [9.17, 15) is 0 Å². The maximum Gasteiger partial charge on any atom is 0.153 e. The minimum atomic E-state index is 0.487. The molecule has 0 atom stereocenters. The lowest BCUT2D eigenvalue weighted by Gasteiger charge is -2.24. The van der Waals surface area contributed by atoms with Crippen molar-refractivity contribution >= 4 is 16.9 Å². The zero-order valence-corrected chi connectivity index (χ0v) is 14.5. The molecule has 0 saturated heterocycles. The van der Waals surface area contributed by atoms with E-state index in [0.717, 1.165) is 33.9 Å². The third-order valence-corrected chi connectivity index (χ3v) is 4.88. The molecule has 0 radical (unpaired) electrons. The summed E-state index contributed by atoms with van der Waals surface area (Å²) in [5.74, 6) is 1.73. The second kappa shape index (κ2) is 7.09. The Morgan fingerprint density at radius 1 is 0.880 bits per heavy atom. The lowest BCUT2D eigenvalue weighted by Crippen LogP contribution is -2.23. The molecule has 2 aromatic carbocycles. The van der Waals surface area contributed by atoms with Crippen LogP contribution in [0.4, 0.5) is 5.82 Å². The number of anilines is 1. The summed E-state index contributed by atoms with van der Waals surface area (Å²) in [6, 6.07) is 16.6. The number of nitrogens with zero attached hydrogens (tertiary/aromatic N) is 2. The Labute approximate surface area is 148 Å². The average molecular weight is 333 g/mol. The van der Waals surface area contributed by atoms with E-state index in [0.29, 0.717) is 6.04 Å². The summed E-state index contributed by atoms with van der Waals surface area (Å²) in [6.45, 7) is 0. The van der Waals surface area contributed by atoms with Crippen LogP contribution in [0.1, 0.15) is 32.1 Å². The Hall–Kier alpha value is -2.62. The molecular formula is C21H23N3O. The fourth-order valence-corrected chi connectivity index (χ4v) is 3.49. The Balaban J connectivity index is 1.76. The van der Waals surface area contributed by atoms with Gasteiger partial charge in [-0.3, -0.25) is 0 Å². The van der Waals surface area contributed by atoms with Crippen molar-refractivity contribution in [3.8, 4) is 17.0 Å². The number of hydrogen-bond donors (Lipinski definition) is 1. The summed E-state index contributed by atoms with van der Waals surface area (Å²) < 4.78 is 5.28. The van der Waals surface area contributed by atoms with E-state index in [1.165, 1.54) is 32.1 Å². The van der Waals surface area contributed by atoms with Gasteiger partial charge >= 0.3 is 0 Å². The first-order valence-electron chi connectivity index (χ1n) is 9.01. The van der Waals surface area contributed by atoms with Crippen LogP contribution in [0.15, 0.2) is 48.5 Å². The molecule has 1 fully saturated rings. The largest absolute Gasteiger partial charge is 0.497 e. The molecule has 4 nitrogen and oxygen atoms in total. The number of ether oxygens (including phenoxy) is 1. The first-order valence-corrected chi connectivity index (χ1v) is 9.01. The van der Waals surface area contributed by atoms with E-state index in [2.05, 4.69) is 5.32 Å². The van der Waals surface area contributed by atoms with Gasteiger partial charge in [0.1, 0.15) is 11.4 Å². The topological polar surface area (TPSA) is 47.0 Å². The zero-order valence-electron chi connectivity index (χ0n) is 14.5. The Kier molecular flexibility index (Phi) is 4.51. The van der Waals surface area contributed by atoms with Gasteiger partial charge in [0.05, 0.1) is 18.1 Å². The highest BCUT2D eigenvalue weighted by Gasteiger charge is 2.17. The molecule has 3 aromatic rings. The number of fused-ring (bicyclic) bond motifs is 1. The molecule has 25 heavy (non-hydrogen) atoms. The molecule has 0 unspecified atom stereocenters. The predicted octanol–water partition coefficient (Wildman–Crippen LogP) is 5.05. The van der Waals surface area contributed by atoms with Crippen LogP contribution < -0.4 is 10.1 Å². The van der Waals surface area contributed by atoms with Crippen LogP contribution in [-0.2, 0) is 0 Å². The van der Waals surface area contributed by atoms with Crippen LogP contribution in [0.5, 0.6) is 5.75 Å². The van der Waals surface area contributed by atoms with Crippen LogP contribution in [0.3, 0.4) is 0 Å². The van der Waals surface area contributed by atoms with E-state index >= 15 is 0 Å². The lowest BCUT2D eigenvalue weighted by atomic mass is 9.95. The Bertz CT molecular complexity index is 855. The minimum absolute atomic E-state index is 0.487. The van der Waals surface area contributed by atoms with Crippen molar-refractivity contribution in [3.05, 3.63) is 48.5 Å². The third-order valence-electron chi connectivity index (χ3n) is 4.88. The SMILES string of the molecule is COc1ccc(-c2nc3ccccc3nc2NC2CCCCC2)cc1. The van der Waals surface area contributed by atoms with Crippen LogP contribution in [0.2, 0.25) is 0 Å². The molecule has 0 bridgehead atoms. The van der Waals surface area contributed by atoms with Crippen LogP contribution in [0.25, 0.3) is 22.3 Å². The number of aromatic nitrogens is 2. The van der Waals surface area contributed by atoms with E-state index in [4.69, 9.17) is 14.7 Å². The normalized spacial score (nSPS) is 15.2. The summed E-state index contributed by atoms with van der Waals surface area (Å²) in [5.41, 5.74) is 3.81. The molecule has 1 aliphatic rings. The van der Waals surface area contributed by atoms with Gasteiger partial charge in [-0.2, -0.15) is 0 Å². The molecule has 1 aliphatic carbocycles. The van der Waals surface area contributed by atoms with Crippen molar-refractivity contribution in [2.75, 3.05) is 12.4 Å². The van der Waals surface area contributed by atoms with Crippen molar-refractivity contribution in [3.63, 3.8) is 0 Å². The second-order valence-electron chi connectivity index (χ2n) is 6.62. The number of benzene rings is 2. The third kappa shape index (κ3) is 3.43. The summed E-state index contributed by atoms with van der Waals surface area (Å²) in [6.07, 6.45) is 6.33. The quantitative estimate of drug-likeness (QED) is 0.726. The van der Waals surface area contributed by atoms with Crippen molar-refractivity contribution in [2.45, 2.75) is 38.1 Å². The summed E-state index contributed by atoms with van der Waals surface area (Å²) in [5, 5.41) is 3.66. The molecule has 4 rings (SSSR count). The summed E-state index contributed by atoms with van der Waals surface area (Å²) >= 11 is 0. The van der Waals surface area contributed by atoms with Crippen LogP contribution in [-0.4, -0.2) is 23.1 Å². The average Bonchev–Trinajstić information content (AvgIpc) is 2.68. The lowest BCUT2D eigenvalue weighted by molar-refractivity contribution is 0.415. The highest BCUT2D eigenvalue weighted by Crippen LogP contribution is 2.30. The van der Waals surface area contributed by atoms with E-state index in [-0.39, 0.29) is 0 Å². The molecule has 0 aliphatic heterocycles. The molecular weight excluding hydrogens is 310 g/mol. The smallest absolute Gasteiger partial charge is 0.153 e. The van der Waals surface area contributed by atoms with Gasteiger partial charge < -0.3 is 10.1 Å². The van der Waals surface area contributed by atoms with Crippen LogP contribution >= 0.6 is 0 Å². The molecule has 128 valence electrons. The maximum absolute atomic E-state index is 5.28. The molecule has 1 saturated carbocycles. The van der Waals surface area contributed by atoms with Gasteiger partial charge in [0.15, 0.2) is 5.82 Å². The second-order valence-corrected chi connectivity index (χ2v) is 6.62. The number of hydrogen-bond acceptors (Lipinski definition) is 4. The fraction of sp³-hybridized carbons (Fsp3) is 0.333. The van der Waals surface area contributed by atoms with Crippen molar-refractivity contribution in [1.29, 1.82) is 0 Å². The molecule has 4 heteroatoms. The van der Waals surface area contributed by atoms with Crippen molar-refractivity contribution in [1.82, 2.24) is 9.97 Å². The first kappa shape index (κ1) is 15.9. The monoisotopic (exact) mass is 333 g/mol. The van der Waals surface area contributed by atoms with Gasteiger partial charge in [-0.15, -0.1) is 0 Å². The maximum atomic E-state index is 5.28. The van der Waals surface area contributed by atoms with Crippen molar-refractivity contribution < 1.29 is 4.74 Å². The van der Waals surface area contributed by atoms with Gasteiger partial charge in [-0.25, -0.2) is 9.97 Å². The van der Waals surface area contributed by atoms with Gasteiger partial charge in [-0.1, -0.05) is 31.4 Å². The van der Waals surface area contributed by atoms with E-state index in [1.807, 2.05) is 48.5 Å². The number of methoxy groups -OCH3 is 1. The Morgan fingerprint density at radius 3 is 2.24 bits per heavy atom. The summed E-state index contributed by atoms with van der Waals surface area (Å²) in [7, 11) is 1.68. The zero-order chi connectivity index (χ0) is 17.1. The molecule has 0 amide bonds. The van der Waals surface area contributed by atoms with Crippen LogP contribution in [0, 0.1) is 0 Å². The summed E-state index contributed by atoms with van der Waals surface area (Å²) in [4.78, 5) is 9.78. The predicted molar refractivity (Wildman–Crippen MR) is 102 cm³/mol. The molecule has 0 spiro atoms. The molecule has 1 aromatic heterocycles. The minimum Gasteiger partial charge on any atom is -0.497 e. The van der Waals surface area contributed by atoms with Crippen molar-refractivity contribution in [2.24, 2.45) is 0 Å². The van der Waals surface area contributed by atoms with Gasteiger partial charge in [0.25, 0.3) is 0 Å². The number of para-hydroxylation sites is 2. The number of nitrogens with one attached hydrogen (secondary N) is 1. The Morgan fingerprint density at radius 2 is 1.56 bits per heavy atom. The highest BCUT2D eigenvalue weighted by molar-refractivity contribution is 5.83. The van der Waals surface area contributed by atoms with E-state index in [1.54, 1.807) is 7.11 Å². The standard InChI is InChI=1S/C21H23N3O/c1-25-17-13-11-15(12-14-17)20-21(22-16-7-3-2-4-8-16)24-19-10-6-5-9-18(19)23-20/h5-6,9-14,16H,2-4,7-8H2,1H3,(H,22,24). The molecule has 1 heterocycles.